The molecule has 0 spiro atoms. The van der Waals surface area contributed by atoms with Crippen molar-refractivity contribution in [3.63, 3.8) is 0 Å². The standard InChI is InChI=1S/C22H22N2O4S/c1-14-4-3-5-17(10-14)27-13-21(26)24-22(29)23-16-6-8-19(15(2)11-16)20-9-7-18(12-25)28-20/h3-11,25H,12-13H2,1-2H3,(H2,23,24,26,29). The van der Waals surface area contributed by atoms with Crippen molar-refractivity contribution in [2.24, 2.45) is 0 Å². The Morgan fingerprint density at radius 2 is 1.97 bits per heavy atom. The van der Waals surface area contributed by atoms with Gasteiger partial charge in [-0.3, -0.25) is 10.1 Å². The van der Waals surface area contributed by atoms with Crippen molar-refractivity contribution < 1.29 is 19.1 Å². The van der Waals surface area contributed by atoms with Crippen LogP contribution in [0, 0.1) is 13.8 Å². The molecule has 0 unspecified atom stereocenters. The average Bonchev–Trinajstić information content (AvgIpc) is 3.15. The van der Waals surface area contributed by atoms with Gasteiger partial charge in [-0.25, -0.2) is 0 Å². The number of thiocarbonyl (C=S) groups is 1. The third-order valence-corrected chi connectivity index (χ3v) is 4.38. The quantitative estimate of drug-likeness (QED) is 0.534. The molecule has 1 heterocycles. The molecule has 0 atom stereocenters. The minimum absolute atomic E-state index is 0.130. The summed E-state index contributed by atoms with van der Waals surface area (Å²) in [5.41, 5.74) is 3.67. The number of benzene rings is 2. The maximum Gasteiger partial charge on any atom is 0.264 e. The lowest BCUT2D eigenvalue weighted by Gasteiger charge is -2.12. The molecule has 0 saturated carbocycles. The Kier molecular flexibility index (Phi) is 6.64. The number of aliphatic hydroxyl groups is 1. The molecule has 0 fully saturated rings. The van der Waals surface area contributed by atoms with Crippen molar-refractivity contribution in [3.05, 3.63) is 71.5 Å². The van der Waals surface area contributed by atoms with E-state index in [9.17, 15) is 4.79 Å². The highest BCUT2D eigenvalue weighted by Gasteiger charge is 2.10. The molecule has 29 heavy (non-hydrogen) atoms. The van der Waals surface area contributed by atoms with E-state index in [1.807, 2.05) is 56.3 Å². The van der Waals surface area contributed by atoms with Crippen LogP contribution in [0.15, 0.2) is 59.0 Å². The van der Waals surface area contributed by atoms with E-state index in [1.54, 1.807) is 12.1 Å². The van der Waals surface area contributed by atoms with E-state index in [1.165, 1.54) is 0 Å². The molecule has 1 aromatic heterocycles. The van der Waals surface area contributed by atoms with Gasteiger partial charge in [-0.2, -0.15) is 0 Å². The second-order valence-electron chi connectivity index (χ2n) is 6.56. The summed E-state index contributed by atoms with van der Waals surface area (Å²) in [5, 5.41) is 14.9. The fraction of sp³-hybridized carbons (Fsp3) is 0.182. The summed E-state index contributed by atoms with van der Waals surface area (Å²) in [7, 11) is 0. The van der Waals surface area contributed by atoms with Crippen LogP contribution in [0.3, 0.4) is 0 Å². The van der Waals surface area contributed by atoms with Crippen molar-refractivity contribution in [2.75, 3.05) is 11.9 Å². The predicted molar refractivity (Wildman–Crippen MR) is 116 cm³/mol. The van der Waals surface area contributed by atoms with Crippen LogP contribution in [0.4, 0.5) is 5.69 Å². The van der Waals surface area contributed by atoms with Gasteiger partial charge in [-0.15, -0.1) is 0 Å². The Balaban J connectivity index is 1.54. The van der Waals surface area contributed by atoms with Crippen LogP contribution in [0.2, 0.25) is 0 Å². The van der Waals surface area contributed by atoms with Gasteiger partial charge in [0.25, 0.3) is 5.91 Å². The second-order valence-corrected chi connectivity index (χ2v) is 6.97. The normalized spacial score (nSPS) is 10.4. The lowest BCUT2D eigenvalue weighted by molar-refractivity contribution is -0.121. The number of furan rings is 1. The summed E-state index contributed by atoms with van der Waals surface area (Å²) >= 11 is 5.21. The fourth-order valence-corrected chi connectivity index (χ4v) is 3.04. The number of aryl methyl sites for hydroxylation is 2. The minimum atomic E-state index is -0.343. The number of hydrogen-bond acceptors (Lipinski definition) is 5. The summed E-state index contributed by atoms with van der Waals surface area (Å²) in [4.78, 5) is 12.0. The van der Waals surface area contributed by atoms with Crippen molar-refractivity contribution in [1.82, 2.24) is 5.32 Å². The van der Waals surface area contributed by atoms with Gasteiger partial charge in [0.1, 0.15) is 23.9 Å². The van der Waals surface area contributed by atoms with Gasteiger partial charge in [0.2, 0.25) is 0 Å². The first-order chi connectivity index (χ1) is 13.9. The number of ether oxygens (including phenoxy) is 1. The molecule has 0 saturated heterocycles. The summed E-state index contributed by atoms with van der Waals surface area (Å²) in [6.07, 6.45) is 0. The number of hydrogen-bond donors (Lipinski definition) is 3. The SMILES string of the molecule is Cc1cccc(OCC(=O)NC(=S)Nc2ccc(-c3ccc(CO)o3)c(C)c2)c1. The number of anilines is 1. The van der Waals surface area contributed by atoms with Crippen LogP contribution >= 0.6 is 12.2 Å². The average molecular weight is 410 g/mol. The largest absolute Gasteiger partial charge is 0.484 e. The molecule has 0 aliphatic rings. The van der Waals surface area contributed by atoms with E-state index < -0.39 is 0 Å². The van der Waals surface area contributed by atoms with Gasteiger partial charge < -0.3 is 19.6 Å². The molecule has 0 aliphatic heterocycles. The van der Waals surface area contributed by atoms with Crippen molar-refractivity contribution in [3.8, 4) is 17.1 Å². The van der Waals surface area contributed by atoms with Crippen LogP contribution in [0.5, 0.6) is 5.75 Å². The molecule has 3 rings (SSSR count). The Morgan fingerprint density at radius 3 is 2.66 bits per heavy atom. The zero-order chi connectivity index (χ0) is 20.8. The molecular weight excluding hydrogens is 388 g/mol. The highest BCUT2D eigenvalue weighted by Crippen LogP contribution is 2.27. The maximum atomic E-state index is 12.0. The Labute approximate surface area is 174 Å². The number of nitrogens with one attached hydrogen (secondary N) is 2. The number of amides is 1. The van der Waals surface area contributed by atoms with E-state index in [2.05, 4.69) is 10.6 Å². The van der Waals surface area contributed by atoms with E-state index in [0.29, 0.717) is 17.3 Å². The summed E-state index contributed by atoms with van der Waals surface area (Å²) in [6.45, 7) is 3.63. The van der Waals surface area contributed by atoms with Crippen LogP contribution in [0.1, 0.15) is 16.9 Å². The molecular formula is C22H22N2O4S. The second kappa shape index (κ2) is 9.36. The van der Waals surface area contributed by atoms with E-state index in [4.69, 9.17) is 26.5 Å². The van der Waals surface area contributed by atoms with E-state index >= 15 is 0 Å². The van der Waals surface area contributed by atoms with Gasteiger partial charge in [-0.1, -0.05) is 12.1 Å². The maximum absolute atomic E-state index is 12.0. The van der Waals surface area contributed by atoms with Crippen molar-refractivity contribution in [2.45, 2.75) is 20.5 Å². The third-order valence-electron chi connectivity index (χ3n) is 4.18. The van der Waals surface area contributed by atoms with Crippen molar-refractivity contribution in [1.29, 1.82) is 0 Å². The zero-order valence-corrected chi connectivity index (χ0v) is 17.0. The fourth-order valence-electron chi connectivity index (χ4n) is 2.80. The van der Waals surface area contributed by atoms with Crippen LogP contribution < -0.4 is 15.4 Å². The van der Waals surface area contributed by atoms with Gasteiger partial charge in [0.05, 0.1) is 0 Å². The molecule has 3 aromatic rings. The Morgan fingerprint density at radius 1 is 1.14 bits per heavy atom. The van der Waals surface area contributed by atoms with Crippen LogP contribution in [-0.2, 0) is 11.4 Å². The third kappa shape index (κ3) is 5.66. The molecule has 0 aliphatic carbocycles. The minimum Gasteiger partial charge on any atom is -0.484 e. The lowest BCUT2D eigenvalue weighted by atomic mass is 10.1. The molecule has 0 bridgehead atoms. The number of carbonyl (C=O) groups excluding carboxylic acids is 1. The first-order valence-corrected chi connectivity index (χ1v) is 9.46. The van der Waals surface area contributed by atoms with Gasteiger partial charge in [0, 0.05) is 11.3 Å². The monoisotopic (exact) mass is 410 g/mol. The summed E-state index contributed by atoms with van der Waals surface area (Å²) in [5.74, 6) is 1.48. The summed E-state index contributed by atoms with van der Waals surface area (Å²) < 4.78 is 11.0. The predicted octanol–water partition coefficient (Wildman–Crippen LogP) is 3.95. The molecule has 3 N–H and O–H groups in total. The smallest absolute Gasteiger partial charge is 0.264 e. The molecule has 1 amide bonds. The topological polar surface area (TPSA) is 83.7 Å². The lowest BCUT2D eigenvalue weighted by Crippen LogP contribution is -2.37. The Hall–Kier alpha value is -3.16. The molecule has 7 heteroatoms. The van der Waals surface area contributed by atoms with E-state index in [0.717, 1.165) is 22.4 Å². The number of rotatable bonds is 6. The first kappa shape index (κ1) is 20.6. The van der Waals surface area contributed by atoms with Gasteiger partial charge in [0.15, 0.2) is 11.7 Å². The molecule has 0 radical (unpaired) electrons. The first-order valence-electron chi connectivity index (χ1n) is 9.05. The number of aliphatic hydroxyl groups excluding tert-OH is 1. The van der Waals surface area contributed by atoms with Crippen molar-refractivity contribution >= 4 is 28.9 Å². The highest BCUT2D eigenvalue weighted by atomic mass is 32.1. The van der Waals surface area contributed by atoms with Gasteiger partial charge >= 0.3 is 0 Å². The zero-order valence-electron chi connectivity index (χ0n) is 16.2. The van der Waals surface area contributed by atoms with Gasteiger partial charge in [-0.05, 0) is 79.7 Å². The molecule has 6 nitrogen and oxygen atoms in total. The van der Waals surface area contributed by atoms with Crippen LogP contribution in [-0.4, -0.2) is 22.7 Å². The van der Waals surface area contributed by atoms with Crippen LogP contribution in [0.25, 0.3) is 11.3 Å². The molecule has 2 aromatic carbocycles. The summed E-state index contributed by atoms with van der Waals surface area (Å²) in [6, 6.07) is 16.7. The Bertz CT molecular complexity index is 1030. The van der Waals surface area contributed by atoms with E-state index in [-0.39, 0.29) is 24.2 Å². The molecule has 150 valence electrons. The number of carbonyl (C=O) groups is 1. The highest BCUT2D eigenvalue weighted by molar-refractivity contribution is 7.80.